The topological polar surface area (TPSA) is 50.8 Å². The minimum Gasteiger partial charge on any atom is -0.497 e. The number of halogens is 1. The molecule has 0 bridgehead atoms. The van der Waals surface area contributed by atoms with Crippen LogP contribution in [0.4, 0.5) is 10.5 Å². The maximum Gasteiger partial charge on any atom is 0.321 e. The lowest BCUT2D eigenvalue weighted by atomic mass is 10.2. The van der Waals surface area contributed by atoms with Crippen LogP contribution in [-0.2, 0) is 0 Å². The number of carbonyl (C=O) groups is 1. The molecule has 0 saturated carbocycles. The Morgan fingerprint density at radius 3 is 2.46 bits per heavy atom. The van der Waals surface area contributed by atoms with Crippen molar-refractivity contribution in [1.29, 1.82) is 0 Å². The SMILES string of the molecule is COc1ccc(OCCN(C)C(=O)Nc2ccc(Br)cc2C)cc1. The molecule has 0 aliphatic carbocycles. The third-order valence-corrected chi connectivity index (χ3v) is 4.02. The number of methoxy groups -OCH3 is 1. The third-order valence-electron chi connectivity index (χ3n) is 3.53. The van der Waals surface area contributed by atoms with Crippen LogP contribution in [0.3, 0.4) is 0 Å². The van der Waals surface area contributed by atoms with Gasteiger partial charge in [-0.15, -0.1) is 0 Å². The molecule has 0 saturated heterocycles. The molecular weight excluding hydrogens is 372 g/mol. The summed E-state index contributed by atoms with van der Waals surface area (Å²) < 4.78 is 11.7. The van der Waals surface area contributed by atoms with Crippen LogP contribution in [-0.4, -0.2) is 38.2 Å². The summed E-state index contributed by atoms with van der Waals surface area (Å²) in [7, 11) is 3.36. The Kier molecular flexibility index (Phi) is 6.49. The normalized spacial score (nSPS) is 10.2. The molecule has 2 amide bonds. The van der Waals surface area contributed by atoms with Gasteiger partial charge in [0.2, 0.25) is 0 Å². The molecule has 0 aliphatic heterocycles. The lowest BCUT2D eigenvalue weighted by molar-refractivity contribution is 0.207. The Bertz CT molecular complexity index is 689. The molecule has 2 rings (SSSR count). The molecule has 0 aliphatic rings. The molecule has 0 aromatic heterocycles. The summed E-state index contributed by atoms with van der Waals surface area (Å²) in [5.41, 5.74) is 1.80. The van der Waals surface area contributed by atoms with Gasteiger partial charge in [-0.2, -0.15) is 0 Å². The number of nitrogens with one attached hydrogen (secondary N) is 1. The van der Waals surface area contributed by atoms with Crippen LogP contribution in [0.25, 0.3) is 0 Å². The lowest BCUT2D eigenvalue weighted by Gasteiger charge is -2.19. The van der Waals surface area contributed by atoms with Gasteiger partial charge in [0.1, 0.15) is 18.1 Å². The van der Waals surface area contributed by atoms with Crippen LogP contribution in [0.15, 0.2) is 46.9 Å². The van der Waals surface area contributed by atoms with Crippen LogP contribution in [0.5, 0.6) is 11.5 Å². The van der Waals surface area contributed by atoms with Crippen molar-refractivity contribution >= 4 is 27.6 Å². The van der Waals surface area contributed by atoms with Crippen LogP contribution >= 0.6 is 15.9 Å². The average Bonchev–Trinajstić information content (AvgIpc) is 2.57. The second kappa shape index (κ2) is 8.59. The van der Waals surface area contributed by atoms with E-state index < -0.39 is 0 Å². The first-order valence-electron chi connectivity index (χ1n) is 7.54. The molecule has 0 heterocycles. The Morgan fingerprint density at radius 1 is 1.17 bits per heavy atom. The van der Waals surface area contributed by atoms with Crippen molar-refractivity contribution in [3.8, 4) is 11.5 Å². The average molecular weight is 393 g/mol. The largest absolute Gasteiger partial charge is 0.497 e. The zero-order valence-electron chi connectivity index (χ0n) is 14.0. The molecule has 2 aromatic rings. The number of hydrogen-bond donors (Lipinski definition) is 1. The molecule has 0 spiro atoms. The number of hydrogen-bond acceptors (Lipinski definition) is 3. The fourth-order valence-corrected chi connectivity index (χ4v) is 2.53. The van der Waals surface area contributed by atoms with E-state index in [4.69, 9.17) is 9.47 Å². The van der Waals surface area contributed by atoms with E-state index in [2.05, 4.69) is 21.2 Å². The van der Waals surface area contributed by atoms with Crippen molar-refractivity contribution in [3.05, 3.63) is 52.5 Å². The van der Waals surface area contributed by atoms with Crippen molar-refractivity contribution in [2.45, 2.75) is 6.92 Å². The Morgan fingerprint density at radius 2 is 1.83 bits per heavy atom. The van der Waals surface area contributed by atoms with Gasteiger partial charge in [-0.3, -0.25) is 0 Å². The van der Waals surface area contributed by atoms with Gasteiger partial charge in [0.25, 0.3) is 0 Å². The van der Waals surface area contributed by atoms with Crippen molar-refractivity contribution in [2.24, 2.45) is 0 Å². The molecule has 0 radical (unpaired) electrons. The summed E-state index contributed by atoms with van der Waals surface area (Å²) in [6.45, 7) is 2.84. The summed E-state index contributed by atoms with van der Waals surface area (Å²) in [6.07, 6.45) is 0. The highest BCUT2D eigenvalue weighted by Gasteiger charge is 2.10. The van der Waals surface area contributed by atoms with Gasteiger partial charge < -0.3 is 19.7 Å². The molecule has 1 N–H and O–H groups in total. The number of amides is 2. The van der Waals surface area contributed by atoms with Crippen LogP contribution in [0.2, 0.25) is 0 Å². The maximum absolute atomic E-state index is 12.2. The quantitative estimate of drug-likeness (QED) is 0.796. The van der Waals surface area contributed by atoms with E-state index in [0.29, 0.717) is 13.2 Å². The van der Waals surface area contributed by atoms with Crippen LogP contribution in [0, 0.1) is 6.92 Å². The maximum atomic E-state index is 12.2. The molecule has 2 aromatic carbocycles. The number of carbonyl (C=O) groups excluding carboxylic acids is 1. The number of ether oxygens (including phenoxy) is 2. The fourth-order valence-electron chi connectivity index (χ4n) is 2.05. The first-order valence-corrected chi connectivity index (χ1v) is 8.34. The smallest absolute Gasteiger partial charge is 0.321 e. The summed E-state index contributed by atoms with van der Waals surface area (Å²) >= 11 is 3.41. The van der Waals surface area contributed by atoms with Gasteiger partial charge in [-0.25, -0.2) is 4.79 Å². The van der Waals surface area contributed by atoms with E-state index in [-0.39, 0.29) is 6.03 Å². The highest BCUT2D eigenvalue weighted by molar-refractivity contribution is 9.10. The monoisotopic (exact) mass is 392 g/mol. The number of rotatable bonds is 6. The van der Waals surface area contributed by atoms with E-state index in [1.165, 1.54) is 0 Å². The van der Waals surface area contributed by atoms with E-state index in [1.807, 2.05) is 49.4 Å². The van der Waals surface area contributed by atoms with Crippen molar-refractivity contribution < 1.29 is 14.3 Å². The minimum atomic E-state index is -0.168. The molecule has 0 unspecified atom stereocenters. The van der Waals surface area contributed by atoms with Gasteiger partial charge >= 0.3 is 6.03 Å². The molecule has 5 nitrogen and oxygen atoms in total. The predicted octanol–water partition coefficient (Wildman–Crippen LogP) is 4.31. The zero-order chi connectivity index (χ0) is 17.5. The van der Waals surface area contributed by atoms with Crippen molar-refractivity contribution in [1.82, 2.24) is 4.90 Å². The summed E-state index contributed by atoms with van der Waals surface area (Å²) in [6, 6.07) is 12.9. The van der Waals surface area contributed by atoms with Gasteiger partial charge in [0, 0.05) is 17.2 Å². The van der Waals surface area contributed by atoms with Crippen LogP contribution in [0.1, 0.15) is 5.56 Å². The lowest BCUT2D eigenvalue weighted by Crippen LogP contribution is -2.34. The summed E-state index contributed by atoms with van der Waals surface area (Å²) in [5.74, 6) is 1.53. The van der Waals surface area contributed by atoms with E-state index >= 15 is 0 Å². The van der Waals surface area contributed by atoms with Crippen molar-refractivity contribution in [2.75, 3.05) is 32.6 Å². The molecule has 0 fully saturated rings. The molecular formula is C18H21BrN2O3. The van der Waals surface area contributed by atoms with Gasteiger partial charge in [-0.1, -0.05) is 15.9 Å². The zero-order valence-corrected chi connectivity index (χ0v) is 15.6. The fraction of sp³-hybridized carbons (Fsp3) is 0.278. The molecule has 0 atom stereocenters. The second-order valence-electron chi connectivity index (χ2n) is 5.33. The first-order chi connectivity index (χ1) is 11.5. The predicted molar refractivity (Wildman–Crippen MR) is 99.0 cm³/mol. The van der Waals surface area contributed by atoms with Gasteiger partial charge in [0.05, 0.1) is 13.7 Å². The number of nitrogens with zero attached hydrogens (tertiary/aromatic N) is 1. The van der Waals surface area contributed by atoms with Crippen LogP contribution < -0.4 is 14.8 Å². The molecule has 24 heavy (non-hydrogen) atoms. The van der Waals surface area contributed by atoms with Gasteiger partial charge in [-0.05, 0) is 55.0 Å². The van der Waals surface area contributed by atoms with Gasteiger partial charge in [0.15, 0.2) is 0 Å². The van der Waals surface area contributed by atoms with E-state index in [0.717, 1.165) is 27.2 Å². The number of urea groups is 1. The first kappa shape index (κ1) is 18.1. The highest BCUT2D eigenvalue weighted by Crippen LogP contribution is 2.20. The number of anilines is 1. The number of benzene rings is 2. The Labute approximate surface area is 150 Å². The van der Waals surface area contributed by atoms with E-state index in [1.54, 1.807) is 19.1 Å². The Hall–Kier alpha value is -2.21. The second-order valence-corrected chi connectivity index (χ2v) is 6.25. The summed E-state index contributed by atoms with van der Waals surface area (Å²) in [4.78, 5) is 13.8. The minimum absolute atomic E-state index is 0.168. The summed E-state index contributed by atoms with van der Waals surface area (Å²) in [5, 5.41) is 2.90. The Balaban J connectivity index is 1.80. The number of likely N-dealkylation sites (N-methyl/N-ethyl adjacent to an activating group) is 1. The number of aryl methyl sites for hydroxylation is 1. The molecule has 128 valence electrons. The van der Waals surface area contributed by atoms with E-state index in [9.17, 15) is 4.79 Å². The third kappa shape index (κ3) is 5.16. The highest BCUT2D eigenvalue weighted by atomic mass is 79.9. The van der Waals surface area contributed by atoms with Crippen molar-refractivity contribution in [3.63, 3.8) is 0 Å². The molecule has 6 heteroatoms. The standard InChI is InChI=1S/C18H21BrN2O3/c1-13-12-14(19)4-9-17(13)20-18(22)21(2)10-11-24-16-7-5-15(23-3)6-8-16/h4-9,12H,10-11H2,1-3H3,(H,20,22).